The fourth-order valence-corrected chi connectivity index (χ4v) is 0. The highest BCUT2D eigenvalue weighted by Gasteiger charge is 2.04. The normalized spacial score (nSPS) is 12.0. The highest BCUT2D eigenvalue weighted by molar-refractivity contribution is 6.68. The number of hydrogen-bond acceptors (Lipinski definition) is 2. The Hall–Kier alpha value is 0.354. The molecule has 0 saturated carbocycles. The van der Waals surface area contributed by atoms with E-state index in [0.29, 0.717) is 0 Å². The summed E-state index contributed by atoms with van der Waals surface area (Å²) < 4.78 is 0. The lowest BCUT2D eigenvalue weighted by Crippen LogP contribution is -2.17. The summed E-state index contributed by atoms with van der Waals surface area (Å²) in [5.74, 6) is 0. The molecule has 4 heteroatoms. The van der Waals surface area contributed by atoms with Crippen molar-refractivity contribution < 1.29 is 11.0 Å². The van der Waals surface area contributed by atoms with Gasteiger partial charge in [-0.15, -0.1) is 0 Å². The minimum Gasteiger partial charge on any atom is -0.433 e. The maximum Gasteiger partial charge on any atom is 0.179 e. The predicted octanol–water partition coefficient (Wildman–Crippen LogP) is 1.87. The van der Waals surface area contributed by atoms with Gasteiger partial charge in [-0.05, 0) is 39.3 Å². The zero-order valence-electron chi connectivity index (χ0n) is 7.89. The van der Waals surface area contributed by atoms with Crippen molar-refractivity contribution in [2.75, 3.05) is 0 Å². The van der Waals surface area contributed by atoms with Gasteiger partial charge in [0, 0.05) is 1.43 Å². The minimum atomic E-state index is -1.61. The second kappa shape index (κ2) is 4.28. The fourth-order valence-electron chi connectivity index (χ4n) is 0. The Labute approximate surface area is 67.7 Å². The van der Waals surface area contributed by atoms with Crippen LogP contribution in [0.5, 0.6) is 0 Å². The molecule has 0 rings (SSSR count). The minimum absolute atomic E-state index is 0. The zero-order valence-corrected chi connectivity index (χ0v) is 9.89. The maximum absolute atomic E-state index is 8.66. The van der Waals surface area contributed by atoms with Crippen LogP contribution in [0, 0.1) is 0 Å². The third-order valence-corrected chi connectivity index (χ3v) is 0. The molecule has 0 atom stereocenters. The van der Waals surface area contributed by atoms with Crippen molar-refractivity contribution >= 4 is 16.6 Å². The Bertz CT molecular complexity index is 61.6. The summed E-state index contributed by atoms with van der Waals surface area (Å²) in [4.78, 5) is 17.3. The van der Waals surface area contributed by atoms with E-state index in [0.717, 1.165) is 0 Å². The molecule has 0 unspecified atom stereocenters. The standard InChI is InChI=1S/2C3H10OSi.H2/c2*1-5(2,3)4;/h2*4H,1-3H3;1H. The van der Waals surface area contributed by atoms with Crippen LogP contribution in [0.4, 0.5) is 0 Å². The molecule has 0 saturated heterocycles. The second-order valence-electron chi connectivity index (χ2n) is 4.34. The molecule has 66 valence electrons. The first-order valence-electron chi connectivity index (χ1n) is 3.45. The Morgan fingerprint density at radius 1 is 0.700 bits per heavy atom. The number of hydrogen-bond donors (Lipinski definition) is 2. The van der Waals surface area contributed by atoms with Gasteiger partial charge in [-0.25, -0.2) is 0 Å². The molecule has 0 radical (unpaired) electrons. The summed E-state index contributed by atoms with van der Waals surface area (Å²) in [6.45, 7) is 11.3. The summed E-state index contributed by atoms with van der Waals surface area (Å²) in [5.41, 5.74) is 0. The van der Waals surface area contributed by atoms with Crippen molar-refractivity contribution in [3.63, 3.8) is 0 Å². The largest absolute Gasteiger partial charge is 0.433 e. The molecule has 0 amide bonds. The lowest BCUT2D eigenvalue weighted by atomic mass is 11.8. The van der Waals surface area contributed by atoms with E-state index in [1.165, 1.54) is 0 Å². The summed E-state index contributed by atoms with van der Waals surface area (Å²) in [6.07, 6.45) is 0. The molecule has 10 heavy (non-hydrogen) atoms. The molecule has 0 aromatic carbocycles. The van der Waals surface area contributed by atoms with Crippen molar-refractivity contribution in [1.82, 2.24) is 0 Å². The predicted molar refractivity (Wildman–Crippen MR) is 53.2 cm³/mol. The maximum atomic E-state index is 8.66. The smallest absolute Gasteiger partial charge is 0.179 e. The van der Waals surface area contributed by atoms with Crippen LogP contribution in [0.1, 0.15) is 1.43 Å². The van der Waals surface area contributed by atoms with Crippen LogP contribution in [0.25, 0.3) is 0 Å². The third-order valence-electron chi connectivity index (χ3n) is 0. The second-order valence-corrected chi connectivity index (χ2v) is 13.0. The Balaban J connectivity index is -0.000000107. The average Bonchev–Trinajstić information content (AvgIpc) is 1.12. The van der Waals surface area contributed by atoms with E-state index in [4.69, 9.17) is 9.59 Å². The molecule has 2 nitrogen and oxygen atoms in total. The van der Waals surface area contributed by atoms with Gasteiger partial charge in [0.25, 0.3) is 0 Å². The van der Waals surface area contributed by atoms with E-state index >= 15 is 0 Å². The first kappa shape index (κ1) is 13.0. The van der Waals surface area contributed by atoms with Crippen LogP contribution in [-0.4, -0.2) is 26.2 Å². The summed E-state index contributed by atoms with van der Waals surface area (Å²) >= 11 is 0. The van der Waals surface area contributed by atoms with E-state index < -0.39 is 16.6 Å². The quantitative estimate of drug-likeness (QED) is 0.562. The van der Waals surface area contributed by atoms with Crippen molar-refractivity contribution in [1.29, 1.82) is 0 Å². The topological polar surface area (TPSA) is 40.5 Å². The molecule has 0 aromatic heterocycles. The Morgan fingerprint density at radius 3 is 0.700 bits per heavy atom. The van der Waals surface area contributed by atoms with E-state index in [-0.39, 0.29) is 1.43 Å². The van der Waals surface area contributed by atoms with Crippen LogP contribution >= 0.6 is 0 Å². The van der Waals surface area contributed by atoms with Crippen molar-refractivity contribution in [3.05, 3.63) is 0 Å². The van der Waals surface area contributed by atoms with Crippen LogP contribution in [0.15, 0.2) is 0 Å². The molecule has 0 bridgehead atoms. The third kappa shape index (κ3) is 3610. The molecule has 0 fully saturated rings. The lowest BCUT2D eigenvalue weighted by molar-refractivity contribution is 0.559. The first-order valence-corrected chi connectivity index (χ1v) is 10.3. The van der Waals surface area contributed by atoms with Gasteiger partial charge in [-0.2, -0.15) is 0 Å². The van der Waals surface area contributed by atoms with Crippen molar-refractivity contribution in [2.24, 2.45) is 0 Å². The van der Waals surface area contributed by atoms with Crippen LogP contribution in [-0.2, 0) is 0 Å². The molecule has 2 N–H and O–H groups in total. The average molecular weight is 182 g/mol. The highest BCUT2D eigenvalue weighted by Crippen LogP contribution is 1.89. The zero-order chi connectivity index (χ0) is 9.00. The summed E-state index contributed by atoms with van der Waals surface area (Å²) in [7, 11) is -3.22. The Kier molecular flexibility index (Phi) is 5.55. The van der Waals surface area contributed by atoms with E-state index in [2.05, 4.69) is 0 Å². The van der Waals surface area contributed by atoms with E-state index in [1.54, 1.807) is 0 Å². The molecular weight excluding hydrogens is 160 g/mol. The van der Waals surface area contributed by atoms with Gasteiger partial charge in [0.15, 0.2) is 16.6 Å². The van der Waals surface area contributed by atoms with Crippen molar-refractivity contribution in [3.8, 4) is 0 Å². The van der Waals surface area contributed by atoms with E-state index in [1.807, 2.05) is 39.3 Å². The van der Waals surface area contributed by atoms with Gasteiger partial charge in [-0.3, -0.25) is 0 Å². The molecule has 0 heterocycles. The Morgan fingerprint density at radius 2 is 0.700 bits per heavy atom. The fraction of sp³-hybridized carbons (Fsp3) is 1.00. The van der Waals surface area contributed by atoms with Gasteiger partial charge in [0.05, 0.1) is 0 Å². The molecule has 0 aliphatic heterocycles. The highest BCUT2D eigenvalue weighted by atomic mass is 28.4. The molecular formula is C6H22O2Si2. The van der Waals surface area contributed by atoms with Gasteiger partial charge in [-0.1, -0.05) is 0 Å². The van der Waals surface area contributed by atoms with Crippen LogP contribution in [0.3, 0.4) is 0 Å². The summed E-state index contributed by atoms with van der Waals surface area (Å²) in [5, 5.41) is 0. The van der Waals surface area contributed by atoms with Crippen molar-refractivity contribution in [2.45, 2.75) is 39.3 Å². The monoisotopic (exact) mass is 182 g/mol. The van der Waals surface area contributed by atoms with Gasteiger partial charge in [0.2, 0.25) is 0 Å². The van der Waals surface area contributed by atoms with Gasteiger partial charge >= 0.3 is 0 Å². The first-order chi connectivity index (χ1) is 4.00. The molecule has 0 spiro atoms. The lowest BCUT2D eigenvalue weighted by Gasteiger charge is -2.00. The van der Waals surface area contributed by atoms with Crippen LogP contribution in [0.2, 0.25) is 39.3 Å². The molecule has 0 aromatic rings. The van der Waals surface area contributed by atoms with Gasteiger partial charge < -0.3 is 9.59 Å². The summed E-state index contributed by atoms with van der Waals surface area (Å²) in [6, 6.07) is 0. The van der Waals surface area contributed by atoms with Gasteiger partial charge in [0.1, 0.15) is 0 Å². The van der Waals surface area contributed by atoms with E-state index in [9.17, 15) is 0 Å². The van der Waals surface area contributed by atoms with Crippen LogP contribution < -0.4 is 0 Å². The molecule has 0 aliphatic rings. The molecule has 0 aliphatic carbocycles. The number of rotatable bonds is 0. The SMILES string of the molecule is C[Si](C)(C)O.C[Si](C)(C)O.[HH].